The Balaban J connectivity index is 1.88. The van der Waals surface area contributed by atoms with Crippen LogP contribution in [0.2, 0.25) is 0 Å². The molecule has 12 heteroatoms. The van der Waals surface area contributed by atoms with Gasteiger partial charge in [0.15, 0.2) is 0 Å². The van der Waals surface area contributed by atoms with E-state index in [-0.39, 0.29) is 23.2 Å². The normalized spacial score (nSPS) is 12.6. The number of carbonyl (C=O) groups is 1. The number of fused-ring (bicyclic) bond motifs is 1. The first-order valence-corrected chi connectivity index (χ1v) is 12.9. The van der Waals surface area contributed by atoms with E-state index in [1.165, 1.54) is 48.6 Å². The Morgan fingerprint density at radius 3 is 2.58 bits per heavy atom. The van der Waals surface area contributed by atoms with Crippen molar-refractivity contribution in [2.45, 2.75) is 23.9 Å². The molecule has 0 aliphatic rings. The Kier molecular flexibility index (Phi) is 7.72. The van der Waals surface area contributed by atoms with E-state index in [1.807, 2.05) is 6.26 Å². The summed E-state index contributed by atoms with van der Waals surface area (Å²) in [6.45, 7) is 0.164. The van der Waals surface area contributed by atoms with Crippen LogP contribution in [0.25, 0.3) is 10.9 Å². The topological polar surface area (TPSA) is 132 Å². The Bertz CT molecular complexity index is 1380. The van der Waals surface area contributed by atoms with Crippen molar-refractivity contribution >= 4 is 38.6 Å². The van der Waals surface area contributed by atoms with Gasteiger partial charge in [0.1, 0.15) is 6.04 Å². The SMILES string of the molecule is CSCC[C@H](NS(=O)(=O)c1ccc2c(c1)c(=O)n(C)c(=O)n2C)C(=O)NCc1ccccn1. The molecule has 10 nitrogen and oxygen atoms in total. The number of benzene rings is 1. The van der Waals surface area contributed by atoms with Crippen LogP contribution in [0.5, 0.6) is 0 Å². The number of hydrogen-bond donors (Lipinski definition) is 2. The van der Waals surface area contributed by atoms with Gasteiger partial charge < -0.3 is 5.32 Å². The second kappa shape index (κ2) is 10.3. The fraction of sp³-hybridized carbons (Fsp3) is 0.333. The minimum absolute atomic E-state index is 0.0859. The van der Waals surface area contributed by atoms with E-state index >= 15 is 0 Å². The molecule has 33 heavy (non-hydrogen) atoms. The molecule has 0 bridgehead atoms. The molecule has 0 aliphatic carbocycles. The highest BCUT2D eigenvalue weighted by Gasteiger charge is 2.26. The van der Waals surface area contributed by atoms with Crippen molar-refractivity contribution in [3.05, 3.63) is 69.1 Å². The maximum Gasteiger partial charge on any atom is 0.330 e. The number of carbonyl (C=O) groups excluding carboxylic acids is 1. The van der Waals surface area contributed by atoms with Crippen LogP contribution in [0.3, 0.4) is 0 Å². The molecule has 3 aromatic rings. The predicted octanol–water partition coefficient (Wildman–Crippen LogP) is 0.349. The summed E-state index contributed by atoms with van der Waals surface area (Å²) < 4.78 is 30.8. The van der Waals surface area contributed by atoms with Crippen LogP contribution in [0.4, 0.5) is 0 Å². The summed E-state index contributed by atoms with van der Waals surface area (Å²) >= 11 is 1.49. The largest absolute Gasteiger partial charge is 0.349 e. The predicted molar refractivity (Wildman–Crippen MR) is 128 cm³/mol. The van der Waals surface area contributed by atoms with Crippen LogP contribution in [0, 0.1) is 0 Å². The molecule has 1 atom stereocenters. The number of amides is 1. The van der Waals surface area contributed by atoms with Crippen molar-refractivity contribution in [1.29, 1.82) is 0 Å². The summed E-state index contributed by atoms with van der Waals surface area (Å²) in [6, 6.07) is 8.23. The Morgan fingerprint density at radius 1 is 1.15 bits per heavy atom. The van der Waals surface area contributed by atoms with Crippen LogP contribution >= 0.6 is 11.8 Å². The number of nitrogens with one attached hydrogen (secondary N) is 2. The maximum atomic E-state index is 13.1. The molecule has 0 spiro atoms. The van der Waals surface area contributed by atoms with Crippen molar-refractivity contribution in [1.82, 2.24) is 24.2 Å². The highest BCUT2D eigenvalue weighted by atomic mass is 32.2. The molecule has 1 aromatic carbocycles. The van der Waals surface area contributed by atoms with Crippen LogP contribution in [-0.2, 0) is 35.5 Å². The first-order chi connectivity index (χ1) is 15.7. The van der Waals surface area contributed by atoms with E-state index < -0.39 is 33.2 Å². The van der Waals surface area contributed by atoms with Gasteiger partial charge in [0.05, 0.1) is 28.0 Å². The summed E-state index contributed by atoms with van der Waals surface area (Å²) in [5.41, 5.74) is -0.150. The van der Waals surface area contributed by atoms with Gasteiger partial charge in [0, 0.05) is 20.3 Å². The van der Waals surface area contributed by atoms with Crippen molar-refractivity contribution < 1.29 is 13.2 Å². The van der Waals surface area contributed by atoms with Crippen molar-refractivity contribution in [3.8, 4) is 0 Å². The van der Waals surface area contributed by atoms with Gasteiger partial charge in [-0.1, -0.05) is 6.07 Å². The third kappa shape index (κ3) is 5.52. The molecule has 0 fully saturated rings. The fourth-order valence-corrected chi connectivity index (χ4v) is 5.01. The third-order valence-corrected chi connectivity index (χ3v) is 7.26. The summed E-state index contributed by atoms with van der Waals surface area (Å²) in [7, 11) is -1.30. The quantitative estimate of drug-likeness (QED) is 0.441. The van der Waals surface area contributed by atoms with Gasteiger partial charge in [0.25, 0.3) is 5.56 Å². The highest BCUT2D eigenvalue weighted by Crippen LogP contribution is 2.16. The lowest BCUT2D eigenvalue weighted by molar-refractivity contribution is -0.122. The van der Waals surface area contributed by atoms with Crippen molar-refractivity contribution in [2.75, 3.05) is 12.0 Å². The van der Waals surface area contributed by atoms with E-state index in [4.69, 9.17) is 0 Å². The van der Waals surface area contributed by atoms with Gasteiger partial charge in [-0.15, -0.1) is 0 Å². The second-order valence-electron chi connectivity index (χ2n) is 7.38. The Labute approximate surface area is 195 Å². The summed E-state index contributed by atoms with van der Waals surface area (Å²) in [6.07, 6.45) is 3.74. The van der Waals surface area contributed by atoms with Gasteiger partial charge in [-0.05, 0) is 48.8 Å². The lowest BCUT2D eigenvalue weighted by Gasteiger charge is -2.18. The smallest absolute Gasteiger partial charge is 0.330 e. The lowest BCUT2D eigenvalue weighted by Crippen LogP contribution is -2.46. The zero-order valence-electron chi connectivity index (χ0n) is 18.4. The summed E-state index contributed by atoms with van der Waals surface area (Å²) in [5.74, 6) is 0.0854. The van der Waals surface area contributed by atoms with Crippen LogP contribution in [-0.4, -0.2) is 46.5 Å². The summed E-state index contributed by atoms with van der Waals surface area (Å²) in [4.78, 5) is 41.4. The monoisotopic (exact) mass is 491 g/mol. The highest BCUT2D eigenvalue weighted by molar-refractivity contribution is 7.98. The number of sulfonamides is 1. The van der Waals surface area contributed by atoms with E-state index in [0.717, 1.165) is 4.57 Å². The first-order valence-electron chi connectivity index (χ1n) is 10.0. The Morgan fingerprint density at radius 2 is 1.91 bits per heavy atom. The van der Waals surface area contributed by atoms with E-state index in [0.29, 0.717) is 17.0 Å². The molecular weight excluding hydrogens is 466 g/mol. The van der Waals surface area contributed by atoms with Crippen molar-refractivity contribution in [2.24, 2.45) is 14.1 Å². The zero-order valence-corrected chi connectivity index (χ0v) is 20.1. The van der Waals surface area contributed by atoms with Crippen LogP contribution in [0.1, 0.15) is 12.1 Å². The number of nitrogens with zero attached hydrogens (tertiary/aromatic N) is 3. The van der Waals surface area contributed by atoms with E-state index in [1.54, 1.807) is 24.4 Å². The number of aryl methyl sites for hydroxylation is 1. The molecule has 0 saturated heterocycles. The van der Waals surface area contributed by atoms with Gasteiger partial charge in [-0.2, -0.15) is 16.5 Å². The van der Waals surface area contributed by atoms with Gasteiger partial charge in [-0.25, -0.2) is 13.2 Å². The average Bonchev–Trinajstić information content (AvgIpc) is 2.82. The van der Waals surface area contributed by atoms with Crippen molar-refractivity contribution in [3.63, 3.8) is 0 Å². The number of rotatable bonds is 9. The minimum Gasteiger partial charge on any atom is -0.349 e. The molecule has 0 aliphatic heterocycles. The van der Waals surface area contributed by atoms with Crippen LogP contribution in [0.15, 0.2) is 57.1 Å². The van der Waals surface area contributed by atoms with Gasteiger partial charge in [-0.3, -0.25) is 23.7 Å². The molecule has 2 aromatic heterocycles. The lowest BCUT2D eigenvalue weighted by atomic mass is 10.2. The molecule has 3 rings (SSSR count). The molecule has 0 unspecified atom stereocenters. The molecule has 2 N–H and O–H groups in total. The van der Waals surface area contributed by atoms with E-state index in [9.17, 15) is 22.8 Å². The molecule has 0 saturated carbocycles. The van der Waals surface area contributed by atoms with Crippen LogP contribution < -0.4 is 21.3 Å². The number of pyridine rings is 1. The second-order valence-corrected chi connectivity index (χ2v) is 10.1. The maximum absolute atomic E-state index is 13.1. The standard InChI is InChI=1S/C21H25N5O5S2/c1-25-18-8-7-15(12-16(18)20(28)26(2)21(25)29)33(30,31)24-17(9-11-32-3)19(27)23-13-14-6-4-5-10-22-14/h4-8,10,12,17,24H,9,11,13H2,1-3H3,(H,23,27)/t17-/m0/s1. The average molecular weight is 492 g/mol. The molecule has 2 heterocycles. The summed E-state index contributed by atoms with van der Waals surface area (Å²) in [5, 5.41) is 2.80. The molecule has 0 radical (unpaired) electrons. The zero-order chi connectivity index (χ0) is 24.2. The molecular formula is C21H25N5O5S2. The molecule has 1 amide bonds. The van der Waals surface area contributed by atoms with Gasteiger partial charge in [0.2, 0.25) is 15.9 Å². The first kappa shape index (κ1) is 24.7. The van der Waals surface area contributed by atoms with Gasteiger partial charge >= 0.3 is 5.69 Å². The van der Waals surface area contributed by atoms with E-state index in [2.05, 4.69) is 15.0 Å². The Hall–Kier alpha value is -2.96. The number of thioether (sulfide) groups is 1. The third-order valence-electron chi connectivity index (χ3n) is 5.14. The molecule has 176 valence electrons. The fourth-order valence-electron chi connectivity index (χ4n) is 3.28. The number of aromatic nitrogens is 3. The number of hydrogen-bond acceptors (Lipinski definition) is 7. The minimum atomic E-state index is -4.13.